The SMILES string of the molecule is CCOC(=O)c1c(N2CCC(O)C2)sc(C(N)=O)c1N. The topological polar surface area (TPSA) is 119 Å². The molecule has 0 aliphatic carbocycles. The summed E-state index contributed by atoms with van der Waals surface area (Å²) in [6.45, 7) is 2.88. The van der Waals surface area contributed by atoms with E-state index in [0.29, 0.717) is 24.5 Å². The molecule has 7 nitrogen and oxygen atoms in total. The minimum Gasteiger partial charge on any atom is -0.462 e. The third-order valence-electron chi connectivity index (χ3n) is 3.08. The first-order valence-electron chi connectivity index (χ1n) is 6.27. The number of nitrogens with two attached hydrogens (primary N) is 2. The number of hydrogen-bond acceptors (Lipinski definition) is 7. The van der Waals surface area contributed by atoms with Crippen LogP contribution >= 0.6 is 11.3 Å². The summed E-state index contributed by atoms with van der Waals surface area (Å²) in [7, 11) is 0. The molecule has 20 heavy (non-hydrogen) atoms. The molecule has 1 amide bonds. The van der Waals surface area contributed by atoms with Crippen LogP contribution in [0.5, 0.6) is 0 Å². The second-order valence-corrected chi connectivity index (χ2v) is 5.50. The van der Waals surface area contributed by atoms with Crippen molar-refractivity contribution in [2.75, 3.05) is 30.3 Å². The lowest BCUT2D eigenvalue weighted by molar-refractivity contribution is 0.0528. The van der Waals surface area contributed by atoms with Crippen LogP contribution in [-0.2, 0) is 4.74 Å². The lowest BCUT2D eigenvalue weighted by Gasteiger charge is -2.17. The predicted molar refractivity (Wildman–Crippen MR) is 76.0 cm³/mol. The zero-order chi connectivity index (χ0) is 14.9. The summed E-state index contributed by atoms with van der Waals surface area (Å²) in [5.41, 5.74) is 11.3. The van der Waals surface area contributed by atoms with E-state index < -0.39 is 18.0 Å². The summed E-state index contributed by atoms with van der Waals surface area (Å²) in [6, 6.07) is 0. The van der Waals surface area contributed by atoms with Gasteiger partial charge >= 0.3 is 5.97 Å². The second-order valence-electron chi connectivity index (χ2n) is 4.50. The molecule has 1 aromatic rings. The Bertz CT molecular complexity index is 543. The Morgan fingerprint density at radius 1 is 1.55 bits per heavy atom. The highest BCUT2D eigenvalue weighted by atomic mass is 32.1. The molecule has 2 rings (SSSR count). The number of carbonyl (C=O) groups is 2. The maximum absolute atomic E-state index is 12.0. The number of rotatable bonds is 4. The highest BCUT2D eigenvalue weighted by molar-refractivity contribution is 7.19. The van der Waals surface area contributed by atoms with Crippen LogP contribution in [0.1, 0.15) is 33.4 Å². The first kappa shape index (κ1) is 14.6. The number of ether oxygens (including phenoxy) is 1. The standard InChI is InChI=1S/C12H17N3O4S/c1-2-19-12(18)7-8(13)9(10(14)17)20-11(7)15-4-3-6(16)5-15/h6,16H,2-5,13H2,1H3,(H2,14,17). The van der Waals surface area contributed by atoms with Crippen LogP contribution in [0.4, 0.5) is 10.7 Å². The fraction of sp³-hybridized carbons (Fsp3) is 0.500. The fourth-order valence-corrected chi connectivity index (χ4v) is 3.26. The number of primary amides is 1. The quantitative estimate of drug-likeness (QED) is 0.682. The third kappa shape index (κ3) is 2.56. The van der Waals surface area contributed by atoms with E-state index in [1.807, 2.05) is 4.90 Å². The van der Waals surface area contributed by atoms with Gasteiger partial charge in [0.05, 0.1) is 18.4 Å². The molecular weight excluding hydrogens is 282 g/mol. The largest absolute Gasteiger partial charge is 0.462 e. The second kappa shape index (κ2) is 5.68. The fourth-order valence-electron chi connectivity index (χ4n) is 2.16. The number of thiophene rings is 1. The van der Waals surface area contributed by atoms with Gasteiger partial charge in [-0.2, -0.15) is 0 Å². The number of nitrogen functional groups attached to an aromatic ring is 1. The smallest absolute Gasteiger partial charge is 0.343 e. The summed E-state index contributed by atoms with van der Waals surface area (Å²) in [6.07, 6.45) is 0.150. The number of amides is 1. The molecule has 1 fully saturated rings. The lowest BCUT2D eigenvalue weighted by Crippen LogP contribution is -2.22. The Kier molecular flexibility index (Phi) is 4.15. The van der Waals surface area contributed by atoms with Gasteiger partial charge in [-0.05, 0) is 13.3 Å². The molecule has 110 valence electrons. The van der Waals surface area contributed by atoms with Crippen molar-refractivity contribution >= 4 is 33.9 Å². The van der Waals surface area contributed by atoms with Crippen molar-refractivity contribution in [1.29, 1.82) is 0 Å². The van der Waals surface area contributed by atoms with Gasteiger partial charge in [0.25, 0.3) is 5.91 Å². The van der Waals surface area contributed by atoms with Crippen LogP contribution in [0.25, 0.3) is 0 Å². The minimum atomic E-state index is -0.677. The van der Waals surface area contributed by atoms with Crippen LogP contribution < -0.4 is 16.4 Å². The van der Waals surface area contributed by atoms with Gasteiger partial charge in [-0.25, -0.2) is 4.79 Å². The maximum Gasteiger partial charge on any atom is 0.343 e. The van der Waals surface area contributed by atoms with E-state index in [1.165, 1.54) is 0 Å². The third-order valence-corrected chi connectivity index (χ3v) is 4.36. The highest BCUT2D eigenvalue weighted by Gasteiger charge is 2.31. The first-order valence-corrected chi connectivity index (χ1v) is 7.09. The Hall–Kier alpha value is -1.80. The number of esters is 1. The molecule has 5 N–H and O–H groups in total. The van der Waals surface area contributed by atoms with E-state index in [0.717, 1.165) is 11.3 Å². The molecule has 1 aromatic heterocycles. The van der Waals surface area contributed by atoms with Gasteiger partial charge in [0.1, 0.15) is 15.4 Å². The summed E-state index contributed by atoms with van der Waals surface area (Å²) in [4.78, 5) is 25.4. The summed E-state index contributed by atoms with van der Waals surface area (Å²) in [5.74, 6) is -1.26. The van der Waals surface area contributed by atoms with E-state index in [1.54, 1.807) is 6.92 Å². The van der Waals surface area contributed by atoms with Gasteiger partial charge in [0, 0.05) is 13.1 Å². The maximum atomic E-state index is 12.0. The number of nitrogens with zero attached hydrogens (tertiary/aromatic N) is 1. The average molecular weight is 299 g/mol. The van der Waals surface area contributed by atoms with Crippen molar-refractivity contribution in [3.8, 4) is 0 Å². The van der Waals surface area contributed by atoms with Crippen LogP contribution in [0.2, 0.25) is 0 Å². The molecule has 1 unspecified atom stereocenters. The van der Waals surface area contributed by atoms with Crippen LogP contribution in [0.15, 0.2) is 0 Å². The zero-order valence-corrected chi connectivity index (χ0v) is 11.9. The molecule has 1 aliphatic rings. The van der Waals surface area contributed by atoms with Gasteiger partial charge in [-0.3, -0.25) is 4.79 Å². The number of aliphatic hydroxyl groups is 1. The van der Waals surface area contributed by atoms with Crippen molar-refractivity contribution in [3.05, 3.63) is 10.4 Å². The van der Waals surface area contributed by atoms with Gasteiger partial charge < -0.3 is 26.2 Å². The van der Waals surface area contributed by atoms with Gasteiger partial charge in [-0.15, -0.1) is 11.3 Å². The van der Waals surface area contributed by atoms with Gasteiger partial charge in [-0.1, -0.05) is 0 Å². The van der Waals surface area contributed by atoms with Crippen molar-refractivity contribution in [1.82, 2.24) is 0 Å². The molecular formula is C12H17N3O4S. The van der Waals surface area contributed by atoms with Crippen molar-refractivity contribution < 1.29 is 19.4 Å². The summed E-state index contributed by atoms with van der Waals surface area (Å²) in [5, 5.41) is 10.1. The molecule has 8 heteroatoms. The molecule has 0 saturated carbocycles. The van der Waals surface area contributed by atoms with Crippen LogP contribution in [0, 0.1) is 0 Å². The Morgan fingerprint density at radius 2 is 2.25 bits per heavy atom. The van der Waals surface area contributed by atoms with E-state index in [4.69, 9.17) is 16.2 Å². The lowest BCUT2D eigenvalue weighted by atomic mass is 10.2. The van der Waals surface area contributed by atoms with Crippen LogP contribution in [0.3, 0.4) is 0 Å². The number of anilines is 2. The van der Waals surface area contributed by atoms with E-state index >= 15 is 0 Å². The van der Waals surface area contributed by atoms with E-state index in [-0.39, 0.29) is 22.7 Å². The van der Waals surface area contributed by atoms with E-state index in [9.17, 15) is 14.7 Å². The van der Waals surface area contributed by atoms with Crippen molar-refractivity contribution in [3.63, 3.8) is 0 Å². The highest BCUT2D eigenvalue weighted by Crippen LogP contribution is 2.40. The molecule has 1 saturated heterocycles. The minimum absolute atomic E-state index is 0.0531. The molecule has 1 atom stereocenters. The predicted octanol–water partition coefficient (Wildman–Crippen LogP) is 0.177. The number of hydrogen-bond donors (Lipinski definition) is 3. The molecule has 2 heterocycles. The summed E-state index contributed by atoms with van der Waals surface area (Å²) < 4.78 is 4.98. The molecule has 0 radical (unpaired) electrons. The van der Waals surface area contributed by atoms with Crippen molar-refractivity contribution in [2.24, 2.45) is 5.73 Å². The number of aliphatic hydroxyl groups excluding tert-OH is 1. The molecule has 0 aromatic carbocycles. The molecule has 1 aliphatic heterocycles. The van der Waals surface area contributed by atoms with Gasteiger partial charge in [0.2, 0.25) is 0 Å². The van der Waals surface area contributed by atoms with Gasteiger partial charge in [0.15, 0.2) is 0 Å². The normalized spacial score (nSPS) is 18.3. The molecule has 0 bridgehead atoms. The average Bonchev–Trinajstić information content (AvgIpc) is 2.93. The summed E-state index contributed by atoms with van der Waals surface area (Å²) >= 11 is 1.06. The molecule has 0 spiro atoms. The number of carbonyl (C=O) groups excluding carboxylic acids is 2. The Balaban J connectivity index is 2.45. The van der Waals surface area contributed by atoms with E-state index in [2.05, 4.69) is 0 Å². The Morgan fingerprint density at radius 3 is 2.75 bits per heavy atom. The number of β-amino-alcohol motifs (C(OH)–C–C–N with tert-alkyl or cyclic N) is 1. The van der Waals surface area contributed by atoms with Crippen molar-refractivity contribution in [2.45, 2.75) is 19.4 Å². The van der Waals surface area contributed by atoms with Crippen LogP contribution in [-0.4, -0.2) is 42.8 Å². The Labute approximate surface area is 120 Å². The first-order chi connectivity index (χ1) is 9.45. The zero-order valence-electron chi connectivity index (χ0n) is 11.1. The monoisotopic (exact) mass is 299 g/mol.